The molecule has 1 fully saturated rings. The number of ether oxygens (including phenoxy) is 2. The molecule has 106 valence electrons. The summed E-state index contributed by atoms with van der Waals surface area (Å²) < 4.78 is 10.7. The lowest BCUT2D eigenvalue weighted by Gasteiger charge is -2.19. The van der Waals surface area contributed by atoms with Crippen molar-refractivity contribution in [2.75, 3.05) is 20.3 Å². The molecule has 0 N–H and O–H groups in total. The van der Waals surface area contributed by atoms with E-state index in [2.05, 4.69) is 0 Å². The predicted molar refractivity (Wildman–Crippen MR) is 73.8 cm³/mol. The molecule has 0 radical (unpaired) electrons. The molecule has 1 aliphatic carbocycles. The number of nitrogens with zero attached hydrogens (tertiary/aromatic N) is 2. The number of nitriles is 1. The number of methoxy groups -OCH3 is 1. The molecule has 0 bridgehead atoms. The Kier molecular flexibility index (Phi) is 4.46. The van der Waals surface area contributed by atoms with Crippen molar-refractivity contribution in [2.24, 2.45) is 0 Å². The van der Waals surface area contributed by atoms with Crippen molar-refractivity contribution in [3.05, 3.63) is 23.8 Å². The average Bonchev–Trinajstić information content (AvgIpc) is 3.29. The summed E-state index contributed by atoms with van der Waals surface area (Å²) in [5.74, 6) is 1.02. The maximum absolute atomic E-state index is 12.4. The van der Waals surface area contributed by atoms with E-state index in [4.69, 9.17) is 14.7 Å². The van der Waals surface area contributed by atoms with Crippen LogP contribution in [0.25, 0.3) is 0 Å². The van der Waals surface area contributed by atoms with E-state index >= 15 is 0 Å². The zero-order valence-corrected chi connectivity index (χ0v) is 11.8. The first kappa shape index (κ1) is 14.2. The minimum Gasteiger partial charge on any atom is -0.493 e. The van der Waals surface area contributed by atoms with E-state index in [1.54, 1.807) is 30.2 Å². The molecule has 0 aromatic heterocycles. The van der Waals surface area contributed by atoms with E-state index in [1.807, 2.05) is 13.0 Å². The molecule has 20 heavy (non-hydrogen) atoms. The minimum atomic E-state index is -0.129. The van der Waals surface area contributed by atoms with Gasteiger partial charge in [-0.25, -0.2) is 0 Å². The second-order valence-electron chi connectivity index (χ2n) is 4.62. The lowest BCUT2D eigenvalue weighted by Crippen LogP contribution is -2.33. The van der Waals surface area contributed by atoms with Gasteiger partial charge in [0.25, 0.3) is 5.91 Å². The van der Waals surface area contributed by atoms with E-state index in [1.165, 1.54) is 0 Å². The molecule has 1 aromatic carbocycles. The number of benzene rings is 1. The van der Waals surface area contributed by atoms with Gasteiger partial charge in [0.05, 0.1) is 19.8 Å². The predicted octanol–water partition coefficient (Wildman–Crippen LogP) is 2.22. The Morgan fingerprint density at radius 3 is 2.75 bits per heavy atom. The number of hydrogen-bond donors (Lipinski definition) is 0. The Balaban J connectivity index is 2.23. The third-order valence-corrected chi connectivity index (χ3v) is 3.20. The monoisotopic (exact) mass is 274 g/mol. The fourth-order valence-electron chi connectivity index (χ4n) is 2.07. The van der Waals surface area contributed by atoms with Crippen molar-refractivity contribution in [1.29, 1.82) is 5.26 Å². The van der Waals surface area contributed by atoms with Crippen molar-refractivity contribution < 1.29 is 14.3 Å². The number of amides is 1. The molecule has 5 heteroatoms. The van der Waals surface area contributed by atoms with Crippen molar-refractivity contribution in [3.8, 4) is 17.6 Å². The van der Waals surface area contributed by atoms with Gasteiger partial charge < -0.3 is 14.4 Å². The highest BCUT2D eigenvalue weighted by molar-refractivity contribution is 5.95. The third kappa shape index (κ3) is 3.02. The van der Waals surface area contributed by atoms with Crippen LogP contribution in [0.4, 0.5) is 0 Å². The fourth-order valence-corrected chi connectivity index (χ4v) is 2.07. The number of carbonyl (C=O) groups excluding carboxylic acids is 1. The van der Waals surface area contributed by atoms with Gasteiger partial charge >= 0.3 is 0 Å². The quantitative estimate of drug-likeness (QED) is 0.746. The van der Waals surface area contributed by atoms with Gasteiger partial charge in [-0.3, -0.25) is 4.79 Å². The highest BCUT2D eigenvalue weighted by Crippen LogP contribution is 2.31. The Bertz CT molecular complexity index is 532. The molecule has 0 atom stereocenters. The van der Waals surface area contributed by atoms with Crippen LogP contribution in [-0.4, -0.2) is 37.1 Å². The minimum absolute atomic E-state index is 0.124. The van der Waals surface area contributed by atoms with Gasteiger partial charge in [-0.2, -0.15) is 5.26 Å². The lowest BCUT2D eigenvalue weighted by molar-refractivity contribution is 0.0764. The topological polar surface area (TPSA) is 62.6 Å². The van der Waals surface area contributed by atoms with Gasteiger partial charge in [0, 0.05) is 11.6 Å². The Morgan fingerprint density at radius 2 is 2.20 bits per heavy atom. The molecule has 0 unspecified atom stereocenters. The summed E-state index contributed by atoms with van der Waals surface area (Å²) in [5.41, 5.74) is 0.521. The van der Waals surface area contributed by atoms with Gasteiger partial charge in [0.15, 0.2) is 11.5 Å². The summed E-state index contributed by atoms with van der Waals surface area (Å²) in [5, 5.41) is 8.84. The summed E-state index contributed by atoms with van der Waals surface area (Å²) in [6, 6.07) is 7.36. The Morgan fingerprint density at radius 1 is 1.45 bits per heavy atom. The average molecular weight is 274 g/mol. The van der Waals surface area contributed by atoms with Gasteiger partial charge in [0.2, 0.25) is 0 Å². The lowest BCUT2D eigenvalue weighted by atomic mass is 10.1. The van der Waals surface area contributed by atoms with Crippen LogP contribution in [0, 0.1) is 11.3 Å². The van der Waals surface area contributed by atoms with Crippen molar-refractivity contribution >= 4 is 5.91 Å². The fraction of sp³-hybridized carbons (Fsp3) is 0.467. The van der Waals surface area contributed by atoms with Crippen LogP contribution in [0.3, 0.4) is 0 Å². The van der Waals surface area contributed by atoms with Crippen molar-refractivity contribution in [1.82, 2.24) is 4.90 Å². The summed E-state index contributed by atoms with van der Waals surface area (Å²) >= 11 is 0. The van der Waals surface area contributed by atoms with E-state index in [9.17, 15) is 4.79 Å². The first-order valence-corrected chi connectivity index (χ1v) is 6.70. The van der Waals surface area contributed by atoms with Gasteiger partial charge in [-0.15, -0.1) is 0 Å². The second-order valence-corrected chi connectivity index (χ2v) is 4.62. The first-order chi connectivity index (χ1) is 9.71. The third-order valence-electron chi connectivity index (χ3n) is 3.20. The van der Waals surface area contributed by atoms with Crippen LogP contribution in [0.1, 0.15) is 30.1 Å². The zero-order chi connectivity index (χ0) is 14.5. The molecule has 0 aliphatic heterocycles. The Hall–Kier alpha value is -2.22. The summed E-state index contributed by atoms with van der Waals surface area (Å²) in [6.45, 7) is 2.55. The molecule has 2 rings (SSSR count). The number of carbonyl (C=O) groups is 1. The van der Waals surface area contributed by atoms with E-state index in [0.29, 0.717) is 23.7 Å². The maximum atomic E-state index is 12.4. The summed E-state index contributed by atoms with van der Waals surface area (Å²) in [7, 11) is 1.54. The van der Waals surface area contributed by atoms with Crippen LogP contribution in [0.5, 0.6) is 11.5 Å². The molecule has 1 aliphatic rings. The maximum Gasteiger partial charge on any atom is 0.255 e. The molecule has 1 amide bonds. The largest absolute Gasteiger partial charge is 0.493 e. The SMILES string of the molecule is CCOc1ccc(C(=O)N(CC#N)C2CC2)cc1OC. The van der Waals surface area contributed by atoms with Gasteiger partial charge in [-0.05, 0) is 38.0 Å². The molecule has 0 heterocycles. The van der Waals surface area contributed by atoms with E-state index < -0.39 is 0 Å². The van der Waals surface area contributed by atoms with E-state index in [-0.39, 0.29) is 18.5 Å². The number of hydrogen-bond acceptors (Lipinski definition) is 4. The normalized spacial score (nSPS) is 13.4. The van der Waals surface area contributed by atoms with Crippen molar-refractivity contribution in [2.45, 2.75) is 25.8 Å². The van der Waals surface area contributed by atoms with Crippen LogP contribution < -0.4 is 9.47 Å². The van der Waals surface area contributed by atoms with Crippen LogP contribution in [0.15, 0.2) is 18.2 Å². The second kappa shape index (κ2) is 6.29. The molecular weight excluding hydrogens is 256 g/mol. The molecule has 0 spiro atoms. The van der Waals surface area contributed by atoms with Gasteiger partial charge in [-0.1, -0.05) is 0 Å². The molecule has 1 aromatic rings. The smallest absolute Gasteiger partial charge is 0.255 e. The van der Waals surface area contributed by atoms with Crippen LogP contribution in [0.2, 0.25) is 0 Å². The molecule has 0 saturated heterocycles. The highest BCUT2D eigenvalue weighted by Gasteiger charge is 2.33. The van der Waals surface area contributed by atoms with Crippen LogP contribution in [-0.2, 0) is 0 Å². The molecular formula is C15H18N2O3. The first-order valence-electron chi connectivity index (χ1n) is 6.70. The highest BCUT2D eigenvalue weighted by atomic mass is 16.5. The molecule has 1 saturated carbocycles. The number of rotatable bonds is 6. The van der Waals surface area contributed by atoms with Gasteiger partial charge in [0.1, 0.15) is 6.54 Å². The van der Waals surface area contributed by atoms with Crippen LogP contribution >= 0.6 is 0 Å². The molecule has 5 nitrogen and oxygen atoms in total. The Labute approximate surface area is 118 Å². The summed E-state index contributed by atoms with van der Waals surface area (Å²) in [6.07, 6.45) is 1.95. The summed E-state index contributed by atoms with van der Waals surface area (Å²) in [4.78, 5) is 14.1. The standard InChI is InChI=1S/C15H18N2O3/c1-3-20-13-7-4-11(10-14(13)19-2)15(18)17(9-8-16)12-5-6-12/h4,7,10,12H,3,5-6,9H2,1-2H3. The van der Waals surface area contributed by atoms with E-state index in [0.717, 1.165) is 12.8 Å². The zero-order valence-electron chi connectivity index (χ0n) is 11.8. The van der Waals surface area contributed by atoms with Crippen molar-refractivity contribution in [3.63, 3.8) is 0 Å².